The van der Waals surface area contributed by atoms with Crippen LogP contribution in [0.4, 0.5) is 0 Å². The van der Waals surface area contributed by atoms with Gasteiger partial charge in [0.2, 0.25) is 0 Å². The van der Waals surface area contributed by atoms with Crippen LogP contribution in [0.15, 0.2) is 48.6 Å². The maximum atomic E-state index is 12.6. The Balaban J connectivity index is 2.12. The van der Waals surface area contributed by atoms with Crippen molar-refractivity contribution in [3.63, 3.8) is 0 Å². The molecule has 0 aliphatic heterocycles. The molecule has 4 heteroatoms. The van der Waals surface area contributed by atoms with Gasteiger partial charge in [-0.1, -0.05) is 62.6 Å². The highest BCUT2D eigenvalue weighted by atomic mass is 16.5. The Kier molecular flexibility index (Phi) is 8.65. The fourth-order valence-electron chi connectivity index (χ4n) is 3.72. The second-order valence-corrected chi connectivity index (χ2v) is 7.44. The first-order chi connectivity index (χ1) is 13.5. The monoisotopic (exact) mass is 384 g/mol. The van der Waals surface area contributed by atoms with Crippen LogP contribution in [0.2, 0.25) is 0 Å². The zero-order valence-electron chi connectivity index (χ0n) is 17.0. The van der Waals surface area contributed by atoms with Crippen LogP contribution in [0, 0.1) is 0 Å². The fourth-order valence-corrected chi connectivity index (χ4v) is 3.72. The van der Waals surface area contributed by atoms with E-state index in [4.69, 9.17) is 4.74 Å². The van der Waals surface area contributed by atoms with Gasteiger partial charge in [0.15, 0.2) is 5.78 Å². The Morgan fingerprint density at radius 2 is 2.00 bits per heavy atom. The number of hydrogen-bond donors (Lipinski definition) is 1. The van der Waals surface area contributed by atoms with Crippen LogP contribution >= 0.6 is 0 Å². The predicted octanol–water partition coefficient (Wildman–Crippen LogP) is 4.66. The lowest BCUT2D eigenvalue weighted by Crippen LogP contribution is -2.32. The number of ether oxygens (including phenoxy) is 1. The summed E-state index contributed by atoms with van der Waals surface area (Å²) in [6.07, 6.45) is 14.1. The zero-order chi connectivity index (χ0) is 20.4. The van der Waals surface area contributed by atoms with Crippen molar-refractivity contribution < 1.29 is 19.4 Å². The van der Waals surface area contributed by atoms with Gasteiger partial charge in [0.05, 0.1) is 13.0 Å². The lowest BCUT2D eigenvalue weighted by Gasteiger charge is -2.27. The number of carbonyl (C=O) groups is 2. The van der Waals surface area contributed by atoms with Crippen molar-refractivity contribution >= 4 is 11.8 Å². The van der Waals surface area contributed by atoms with E-state index in [1.54, 1.807) is 12.2 Å². The van der Waals surface area contributed by atoms with Gasteiger partial charge in [-0.05, 0) is 49.0 Å². The Labute approximate surface area is 168 Å². The van der Waals surface area contributed by atoms with Gasteiger partial charge in [-0.15, -0.1) is 0 Å². The van der Waals surface area contributed by atoms with Crippen LogP contribution < -0.4 is 0 Å². The number of aliphatic hydroxyl groups is 1. The molecule has 0 amide bonds. The van der Waals surface area contributed by atoms with Crippen molar-refractivity contribution in [2.45, 2.75) is 69.8 Å². The van der Waals surface area contributed by atoms with Gasteiger partial charge in [0.1, 0.15) is 5.60 Å². The Hall–Kier alpha value is -2.20. The summed E-state index contributed by atoms with van der Waals surface area (Å²) >= 11 is 0. The normalized spacial score (nSPS) is 21.5. The van der Waals surface area contributed by atoms with Crippen LogP contribution in [-0.2, 0) is 20.7 Å². The van der Waals surface area contributed by atoms with Crippen LogP contribution in [0.5, 0.6) is 0 Å². The number of benzene rings is 1. The average molecular weight is 385 g/mol. The third-order valence-electron chi connectivity index (χ3n) is 5.29. The first kappa shape index (κ1) is 22.1. The molecule has 1 aromatic rings. The van der Waals surface area contributed by atoms with E-state index in [2.05, 4.69) is 6.92 Å². The Bertz CT molecular complexity index is 719. The molecule has 0 saturated heterocycles. The van der Waals surface area contributed by atoms with E-state index < -0.39 is 11.5 Å². The van der Waals surface area contributed by atoms with Crippen molar-refractivity contribution in [3.8, 4) is 0 Å². The molecule has 1 aromatic carbocycles. The van der Waals surface area contributed by atoms with Crippen molar-refractivity contribution in [1.29, 1.82) is 0 Å². The van der Waals surface area contributed by atoms with Gasteiger partial charge in [0.25, 0.3) is 0 Å². The molecule has 28 heavy (non-hydrogen) atoms. The minimum absolute atomic E-state index is 0.0847. The number of hydrogen-bond acceptors (Lipinski definition) is 4. The molecule has 4 nitrogen and oxygen atoms in total. The average Bonchev–Trinajstić information content (AvgIpc) is 2.99. The summed E-state index contributed by atoms with van der Waals surface area (Å²) < 4.78 is 4.70. The summed E-state index contributed by atoms with van der Waals surface area (Å²) in [7, 11) is 1.38. The van der Waals surface area contributed by atoms with Crippen molar-refractivity contribution in [2.75, 3.05) is 7.11 Å². The number of aryl methyl sites for hydroxylation is 1. The van der Waals surface area contributed by atoms with E-state index in [9.17, 15) is 14.7 Å². The topological polar surface area (TPSA) is 63.6 Å². The number of rotatable bonds is 11. The summed E-state index contributed by atoms with van der Waals surface area (Å²) in [4.78, 5) is 24.0. The van der Waals surface area contributed by atoms with Gasteiger partial charge in [0, 0.05) is 6.42 Å². The number of allylic oxidation sites excluding steroid dienone is 2. The van der Waals surface area contributed by atoms with Crippen LogP contribution in [-0.4, -0.2) is 29.6 Å². The molecule has 1 aliphatic rings. The molecule has 0 spiro atoms. The number of methoxy groups -OCH3 is 1. The highest BCUT2D eigenvalue weighted by molar-refractivity contribution is 6.00. The molecule has 0 heterocycles. The quantitative estimate of drug-likeness (QED) is 0.342. The molecule has 0 fully saturated rings. The molecule has 1 N–H and O–H groups in total. The van der Waals surface area contributed by atoms with Crippen molar-refractivity contribution in [1.82, 2.24) is 0 Å². The standard InChI is InChI=1S/C24H32O4/c1-3-4-5-6-7-10-17-24(27)18-16-21(25)23(24)20-14-9-8-12-19(20)13-11-15-22(26)28-2/h8-10,12,14,16-18,23,27H,3-7,11,13,15H2,1-2H3/b17-10+/t23-,24+/m0/s1. The van der Waals surface area contributed by atoms with Gasteiger partial charge in [-0.3, -0.25) is 9.59 Å². The highest BCUT2D eigenvalue weighted by Gasteiger charge is 2.42. The minimum atomic E-state index is -1.29. The molecule has 1 aliphatic carbocycles. The van der Waals surface area contributed by atoms with E-state index in [1.807, 2.05) is 30.3 Å². The molecule has 0 bridgehead atoms. The van der Waals surface area contributed by atoms with Crippen LogP contribution in [0.3, 0.4) is 0 Å². The largest absolute Gasteiger partial charge is 0.469 e. The second-order valence-electron chi connectivity index (χ2n) is 7.44. The maximum absolute atomic E-state index is 12.6. The molecule has 0 radical (unpaired) electrons. The van der Waals surface area contributed by atoms with Crippen LogP contribution in [0.1, 0.15) is 68.9 Å². The number of esters is 1. The third-order valence-corrected chi connectivity index (χ3v) is 5.29. The first-order valence-electron chi connectivity index (χ1n) is 10.3. The predicted molar refractivity (Wildman–Crippen MR) is 111 cm³/mol. The van der Waals surface area contributed by atoms with Gasteiger partial charge >= 0.3 is 5.97 Å². The molecule has 2 rings (SSSR count). The Morgan fingerprint density at radius 1 is 1.21 bits per heavy atom. The number of carbonyl (C=O) groups excluding carboxylic acids is 2. The zero-order valence-corrected chi connectivity index (χ0v) is 17.0. The number of ketones is 1. The number of unbranched alkanes of at least 4 members (excludes halogenated alkanes) is 4. The molecule has 2 atom stereocenters. The molecular weight excluding hydrogens is 352 g/mol. The summed E-state index contributed by atoms with van der Waals surface area (Å²) in [6, 6.07) is 7.68. The van der Waals surface area contributed by atoms with Gasteiger partial charge < -0.3 is 9.84 Å². The Morgan fingerprint density at radius 3 is 2.75 bits per heavy atom. The smallest absolute Gasteiger partial charge is 0.305 e. The fraction of sp³-hybridized carbons (Fsp3) is 0.500. The third kappa shape index (κ3) is 5.90. The summed E-state index contributed by atoms with van der Waals surface area (Å²) in [5.41, 5.74) is 0.532. The highest BCUT2D eigenvalue weighted by Crippen LogP contribution is 2.39. The lowest BCUT2D eigenvalue weighted by molar-refractivity contribution is -0.140. The van der Waals surface area contributed by atoms with E-state index in [0.29, 0.717) is 19.3 Å². The van der Waals surface area contributed by atoms with Crippen molar-refractivity contribution in [3.05, 3.63) is 59.7 Å². The van der Waals surface area contributed by atoms with Gasteiger partial charge in [-0.25, -0.2) is 0 Å². The molecule has 152 valence electrons. The molecule has 0 aromatic heterocycles. The summed E-state index contributed by atoms with van der Waals surface area (Å²) in [6.45, 7) is 2.18. The lowest BCUT2D eigenvalue weighted by atomic mass is 9.80. The van der Waals surface area contributed by atoms with Crippen LogP contribution in [0.25, 0.3) is 0 Å². The summed E-state index contributed by atoms with van der Waals surface area (Å²) in [5.74, 6) is -0.953. The molecular formula is C24H32O4. The van der Waals surface area contributed by atoms with E-state index in [1.165, 1.54) is 32.4 Å². The van der Waals surface area contributed by atoms with Gasteiger partial charge in [-0.2, -0.15) is 0 Å². The summed E-state index contributed by atoms with van der Waals surface area (Å²) in [5, 5.41) is 11.2. The molecule has 0 saturated carbocycles. The molecule has 0 unspecified atom stereocenters. The maximum Gasteiger partial charge on any atom is 0.305 e. The first-order valence-corrected chi connectivity index (χ1v) is 10.3. The van der Waals surface area contributed by atoms with E-state index in [0.717, 1.165) is 24.0 Å². The van der Waals surface area contributed by atoms with E-state index >= 15 is 0 Å². The van der Waals surface area contributed by atoms with Crippen molar-refractivity contribution in [2.24, 2.45) is 0 Å². The SMILES string of the molecule is CCCCCC/C=C/[C@@]1(O)C=CC(=O)[C@@H]1c1ccccc1CCCC(=O)OC. The van der Waals surface area contributed by atoms with E-state index in [-0.39, 0.29) is 11.8 Å². The minimum Gasteiger partial charge on any atom is -0.469 e. The second kappa shape index (κ2) is 11.0.